The van der Waals surface area contributed by atoms with E-state index in [1.807, 2.05) is 178 Å². The van der Waals surface area contributed by atoms with Crippen molar-refractivity contribution in [3.05, 3.63) is 310 Å². The Labute approximate surface area is 473 Å². The molecule has 1 heterocycles. The molecule has 0 fully saturated rings. The van der Waals surface area contributed by atoms with Crippen LogP contribution in [0.25, 0.3) is 20.2 Å². The number of ketones is 2. The maximum Gasteiger partial charge on any atom is 0.233 e. The van der Waals surface area contributed by atoms with Crippen LogP contribution in [-0.2, 0) is 0 Å². The number of aryl methyl sites for hydroxylation is 3. The molecular weight excluding hydrogens is 1050 g/mol. The van der Waals surface area contributed by atoms with E-state index in [9.17, 15) is 24.0 Å². The average molecular weight is 1110 g/mol. The first-order valence-corrected chi connectivity index (χ1v) is 29.3. The van der Waals surface area contributed by atoms with Gasteiger partial charge in [-0.1, -0.05) is 230 Å². The van der Waals surface area contributed by atoms with Crippen LogP contribution < -0.4 is 36.1 Å². The standard InChI is InChI=1S/C22H21OP.C21H19O3P.C14H10O2.C13H8OS/c1-16-14-17(2)21(18(3)15-16)22(23)24(19-10-6-4-7-11-19)20-12-8-5-9-13-20;1-23-18-14-9-15-19(24-2)20(18)21(22)25(16-10-5-3-6-11-16)17-12-7-4-8-13-17;15-13(11-7-3-1-4-8-11)14(16)12-9-5-2-6-10-12;14-13-9-5-1-3-7-11(9)15-12-8-4-2-6-10(12)13/h4-15H,1-3H3;3-15H,1-2H3;1-10H;1-8H. The van der Waals surface area contributed by atoms with Crippen molar-refractivity contribution in [2.45, 2.75) is 20.8 Å². The molecule has 1 aromatic heterocycles. The van der Waals surface area contributed by atoms with Gasteiger partial charge in [0.05, 0.1) is 14.2 Å². The van der Waals surface area contributed by atoms with Crippen molar-refractivity contribution >= 4 is 91.2 Å². The van der Waals surface area contributed by atoms with Crippen LogP contribution in [0.2, 0.25) is 0 Å². The van der Waals surface area contributed by atoms with Crippen LogP contribution >= 0.6 is 27.2 Å². The molecule has 0 radical (unpaired) electrons. The minimum atomic E-state index is -1.23. The second-order valence-electron chi connectivity index (χ2n) is 18.2. The number of carbonyl (C=O) groups is 4. The van der Waals surface area contributed by atoms with Crippen molar-refractivity contribution < 1.29 is 28.7 Å². The van der Waals surface area contributed by atoms with E-state index < -0.39 is 27.4 Å². The molecule has 10 aromatic carbocycles. The van der Waals surface area contributed by atoms with Crippen molar-refractivity contribution in [1.29, 1.82) is 0 Å². The predicted octanol–water partition coefficient (Wildman–Crippen LogP) is 15.0. The van der Waals surface area contributed by atoms with E-state index in [4.69, 9.17) is 9.47 Å². The van der Waals surface area contributed by atoms with Crippen LogP contribution in [0.15, 0.2) is 266 Å². The number of hydrogen-bond acceptors (Lipinski definition) is 8. The molecule has 10 heteroatoms. The molecule has 396 valence electrons. The average Bonchev–Trinajstić information content (AvgIpc) is 3.51. The summed E-state index contributed by atoms with van der Waals surface area (Å²) in [6.45, 7) is 6.15. The van der Waals surface area contributed by atoms with Gasteiger partial charge in [-0.25, -0.2) is 0 Å². The summed E-state index contributed by atoms with van der Waals surface area (Å²) in [5.41, 5.74) is 5.94. The van der Waals surface area contributed by atoms with Crippen molar-refractivity contribution in [3.63, 3.8) is 0 Å². The van der Waals surface area contributed by atoms with Gasteiger partial charge in [-0.2, -0.15) is 0 Å². The second kappa shape index (κ2) is 28.2. The summed E-state index contributed by atoms with van der Waals surface area (Å²) < 4.78 is 13.0. The van der Waals surface area contributed by atoms with Gasteiger partial charge in [-0.15, -0.1) is 11.3 Å². The molecule has 0 aliphatic heterocycles. The fourth-order valence-corrected chi connectivity index (χ4v) is 14.6. The Morgan fingerprint density at radius 3 is 1.00 bits per heavy atom. The van der Waals surface area contributed by atoms with Gasteiger partial charge < -0.3 is 9.47 Å². The highest BCUT2D eigenvalue weighted by atomic mass is 32.1. The van der Waals surface area contributed by atoms with Crippen LogP contribution in [-0.4, -0.2) is 36.8 Å². The number of carbonyl (C=O) groups excluding carboxylic acids is 4. The third kappa shape index (κ3) is 14.1. The molecule has 0 saturated carbocycles. The molecule has 0 aliphatic carbocycles. The summed E-state index contributed by atoms with van der Waals surface area (Å²) in [6.07, 6.45) is 0. The Kier molecular flexibility index (Phi) is 20.2. The molecule has 0 bridgehead atoms. The van der Waals surface area contributed by atoms with Gasteiger partial charge in [0.2, 0.25) is 17.1 Å². The first kappa shape index (κ1) is 57.4. The monoisotopic (exact) mass is 1100 g/mol. The summed E-state index contributed by atoms with van der Waals surface area (Å²) in [5, 5.41) is 5.84. The summed E-state index contributed by atoms with van der Waals surface area (Å²) in [5.74, 6) is 0.131. The second-order valence-corrected chi connectivity index (χ2v) is 23.6. The summed E-state index contributed by atoms with van der Waals surface area (Å²) >= 11 is 1.67. The molecule has 0 aliphatic rings. The fourth-order valence-electron chi connectivity index (χ4n) is 9.07. The summed E-state index contributed by atoms with van der Waals surface area (Å²) in [7, 11) is 0.836. The zero-order valence-corrected chi connectivity index (χ0v) is 47.6. The molecule has 7 nitrogen and oxygen atoms in total. The van der Waals surface area contributed by atoms with Crippen LogP contribution in [0.3, 0.4) is 0 Å². The highest BCUT2D eigenvalue weighted by Gasteiger charge is 2.29. The van der Waals surface area contributed by atoms with E-state index in [0.717, 1.165) is 58.1 Å². The molecule has 0 atom stereocenters. The molecule has 0 unspecified atom stereocenters. The smallest absolute Gasteiger partial charge is 0.233 e. The molecule has 11 aromatic rings. The lowest BCUT2D eigenvalue weighted by atomic mass is 10.0. The Morgan fingerprint density at radius 1 is 0.362 bits per heavy atom. The van der Waals surface area contributed by atoms with Gasteiger partial charge in [0.25, 0.3) is 0 Å². The van der Waals surface area contributed by atoms with Gasteiger partial charge in [-0.3, -0.25) is 24.0 Å². The van der Waals surface area contributed by atoms with Crippen molar-refractivity contribution in [2.24, 2.45) is 0 Å². The zero-order valence-electron chi connectivity index (χ0n) is 45.0. The maximum absolute atomic E-state index is 13.6. The van der Waals surface area contributed by atoms with E-state index in [-0.39, 0.29) is 16.5 Å². The lowest BCUT2D eigenvalue weighted by molar-refractivity contribution is 0.0817. The van der Waals surface area contributed by atoms with Gasteiger partial charge >= 0.3 is 0 Å². The first-order chi connectivity index (χ1) is 39.0. The molecule has 80 heavy (non-hydrogen) atoms. The number of rotatable bonds is 13. The van der Waals surface area contributed by atoms with Crippen molar-refractivity contribution in [3.8, 4) is 11.5 Å². The largest absolute Gasteiger partial charge is 0.496 e. The van der Waals surface area contributed by atoms with Crippen molar-refractivity contribution in [2.75, 3.05) is 14.2 Å². The summed E-state index contributed by atoms with van der Waals surface area (Å²) in [4.78, 5) is 62.8. The third-order valence-electron chi connectivity index (χ3n) is 12.8. The van der Waals surface area contributed by atoms with Gasteiger partial charge in [0.15, 0.2) is 11.0 Å². The lowest BCUT2D eigenvalue weighted by Crippen LogP contribution is -2.19. The highest BCUT2D eigenvalue weighted by molar-refractivity contribution is 7.88. The van der Waals surface area contributed by atoms with Crippen LogP contribution in [0, 0.1) is 20.8 Å². The fraction of sp³-hybridized carbons (Fsp3) is 0.0714. The van der Waals surface area contributed by atoms with Crippen LogP contribution in [0.1, 0.15) is 58.1 Å². The SMILES string of the molecule is COc1cccc(OC)c1C(=O)P(c1ccccc1)c1ccccc1.Cc1cc(C)c(C(=O)P(c2ccccc2)c2ccccc2)c(C)c1.O=C(C(=O)c1ccccc1)c1ccccc1.O=c1c2ccccc2sc2ccccc12. The normalized spacial score (nSPS) is 10.5. The van der Waals surface area contributed by atoms with E-state index in [2.05, 4.69) is 43.3 Å². The molecule has 0 amide bonds. The minimum Gasteiger partial charge on any atom is -0.496 e. The third-order valence-corrected chi connectivity index (χ3v) is 18.4. The Morgan fingerprint density at radius 2 is 0.662 bits per heavy atom. The van der Waals surface area contributed by atoms with Gasteiger partial charge in [-0.05, 0) is 89.5 Å². The van der Waals surface area contributed by atoms with Gasteiger partial charge in [0, 0.05) is 52.7 Å². The number of methoxy groups -OCH3 is 2. The Bertz CT molecular complexity index is 3700. The Hall–Kier alpha value is -8.77. The van der Waals surface area contributed by atoms with E-state index in [1.54, 1.807) is 86.2 Å². The van der Waals surface area contributed by atoms with E-state index in [1.165, 1.54) is 5.56 Å². The Balaban J connectivity index is 0.000000143. The highest BCUT2D eigenvalue weighted by Crippen LogP contribution is 2.44. The number of Topliss-reactive ketones (excluding diaryl/α,β-unsaturated/α-hetero) is 2. The first-order valence-electron chi connectivity index (χ1n) is 25.8. The number of hydrogen-bond donors (Lipinski definition) is 0. The molecule has 11 rings (SSSR count). The maximum atomic E-state index is 13.6. The zero-order chi connectivity index (χ0) is 56.4. The molecular formula is C70H58O7P2S. The number of benzene rings is 10. The molecule has 0 N–H and O–H groups in total. The van der Waals surface area contributed by atoms with Crippen LogP contribution in [0.4, 0.5) is 0 Å². The van der Waals surface area contributed by atoms with Crippen LogP contribution in [0.5, 0.6) is 11.5 Å². The lowest BCUT2D eigenvalue weighted by Gasteiger charge is -2.20. The number of ether oxygens (including phenoxy) is 2. The minimum absolute atomic E-state index is 0.0155. The topological polar surface area (TPSA) is 104 Å². The summed E-state index contributed by atoms with van der Waals surface area (Å²) in [6, 6.07) is 82.3. The number of fused-ring (bicyclic) bond motifs is 2. The van der Waals surface area contributed by atoms with Gasteiger partial charge in [0.1, 0.15) is 17.1 Å². The quantitative estimate of drug-likeness (QED) is 0.0490. The van der Waals surface area contributed by atoms with E-state index in [0.29, 0.717) is 28.2 Å². The van der Waals surface area contributed by atoms with E-state index >= 15 is 0 Å². The molecule has 0 saturated heterocycles. The molecule has 0 spiro atoms. The predicted molar refractivity (Wildman–Crippen MR) is 334 cm³/mol. The van der Waals surface area contributed by atoms with Crippen molar-refractivity contribution in [1.82, 2.24) is 0 Å².